The Hall–Kier alpha value is 1.37. The van der Waals surface area contributed by atoms with Crippen molar-refractivity contribution in [2.45, 2.75) is 40.0 Å². The maximum Gasteiger partial charge on any atom is 1.00 e. The van der Waals surface area contributed by atoms with Crippen LogP contribution in [0.1, 0.15) is 40.0 Å². The summed E-state index contributed by atoms with van der Waals surface area (Å²) >= 11 is 0. The first-order valence-electron chi connectivity index (χ1n) is 5.17. The molecule has 0 unspecified atom stereocenters. The molecule has 0 aliphatic rings. The van der Waals surface area contributed by atoms with E-state index in [-0.39, 0.29) is 35.0 Å². The molecule has 0 saturated heterocycles. The summed E-state index contributed by atoms with van der Waals surface area (Å²) in [6.07, 6.45) is 8.72. The molecule has 0 amide bonds. The molecule has 0 saturated carbocycles. The Morgan fingerprint density at radius 3 is 1.33 bits per heavy atom. The Labute approximate surface area is 119 Å². The van der Waals surface area contributed by atoms with Crippen LogP contribution in [0.3, 0.4) is 0 Å². The topological polar surface area (TPSA) is 74.8 Å². The summed E-state index contributed by atoms with van der Waals surface area (Å²) in [4.78, 5) is 0. The van der Waals surface area contributed by atoms with Gasteiger partial charge in [0.05, 0.1) is 0 Å². The van der Waals surface area contributed by atoms with Crippen LogP contribution in [0.2, 0.25) is 0 Å². The predicted octanol–water partition coefficient (Wildman–Crippen LogP) is -2.52. The van der Waals surface area contributed by atoms with Gasteiger partial charge in [-0.1, -0.05) is 40.0 Å². The van der Waals surface area contributed by atoms with Crippen molar-refractivity contribution >= 4 is 15.6 Å². The summed E-state index contributed by atoms with van der Waals surface area (Å²) in [6, 6.07) is 0. The third-order valence-electron chi connectivity index (χ3n) is 1.62. The Morgan fingerprint density at radius 1 is 1.00 bits per heavy atom. The summed E-state index contributed by atoms with van der Waals surface area (Å²) in [5, 5.41) is 15.5. The smallest absolute Gasteiger partial charge is 0.859 e. The van der Waals surface area contributed by atoms with Gasteiger partial charge in [-0.2, -0.15) is 0 Å². The molecule has 15 heavy (non-hydrogen) atoms. The molecule has 0 spiro atoms. The Kier molecular flexibility index (Phi) is 41.4. The van der Waals surface area contributed by atoms with Crippen LogP contribution in [0.4, 0.5) is 0 Å². The van der Waals surface area contributed by atoms with Crippen LogP contribution in [0, 0.1) is 0 Å². The first-order valence-corrected chi connectivity index (χ1v) is 7.07. The fraction of sp³-hybridized carbons (Fsp3) is 1.00. The van der Waals surface area contributed by atoms with Gasteiger partial charge in [-0.25, -0.2) is 0 Å². The molecule has 0 bridgehead atoms. The van der Waals surface area contributed by atoms with Crippen LogP contribution in [0.25, 0.3) is 0 Å². The van der Waals surface area contributed by atoms with E-state index in [9.17, 15) is 0 Å². The van der Waals surface area contributed by atoms with E-state index in [2.05, 4.69) is 20.8 Å². The van der Waals surface area contributed by atoms with Crippen molar-refractivity contribution in [2.75, 3.05) is 18.5 Å². The monoisotopic (exact) mass is 246 g/mol. The van der Waals surface area contributed by atoms with Crippen LogP contribution in [0.15, 0.2) is 0 Å². The van der Waals surface area contributed by atoms with Crippen molar-refractivity contribution in [1.82, 2.24) is 0 Å². The van der Waals surface area contributed by atoms with Gasteiger partial charge in [-0.15, -0.1) is 7.92 Å². The third kappa shape index (κ3) is 25.6. The standard InChI is InChI=1S/C9H21P.BH2O2.Na.H2O/c1-4-7-10(8-5-2)9-6-3;2-1-3;;/h4-9H2,1-3H3;1-2H;;1H2/q;-1;+1;. The van der Waals surface area contributed by atoms with Gasteiger partial charge in [0.2, 0.25) is 0 Å². The van der Waals surface area contributed by atoms with Crippen molar-refractivity contribution in [3.05, 3.63) is 0 Å². The van der Waals surface area contributed by atoms with E-state index in [4.69, 9.17) is 10.0 Å². The zero-order valence-electron chi connectivity index (χ0n) is 10.8. The zero-order valence-corrected chi connectivity index (χ0v) is 13.6. The molecule has 0 aliphatic carbocycles. The molecule has 0 aromatic heterocycles. The van der Waals surface area contributed by atoms with Crippen molar-refractivity contribution in [3.63, 3.8) is 0 Å². The summed E-state index contributed by atoms with van der Waals surface area (Å²) in [6.45, 7) is 6.92. The molecule has 0 fully saturated rings. The predicted molar refractivity (Wildman–Crippen MR) is 65.4 cm³/mol. The first kappa shape index (κ1) is 25.3. The molecule has 3 nitrogen and oxygen atoms in total. The minimum Gasteiger partial charge on any atom is -0.859 e. The van der Waals surface area contributed by atoms with Gasteiger partial charge in [0, 0.05) is 0 Å². The van der Waals surface area contributed by atoms with Gasteiger partial charge < -0.3 is 15.5 Å². The fourth-order valence-corrected chi connectivity index (χ4v) is 3.85. The first-order chi connectivity index (χ1) is 6.26. The Bertz CT molecular complexity index is 77.5. The Morgan fingerprint density at radius 2 is 1.20 bits per heavy atom. The largest absolute Gasteiger partial charge is 1.00 e. The maximum absolute atomic E-state index is 8.49. The van der Waals surface area contributed by atoms with Gasteiger partial charge in [0.1, 0.15) is 0 Å². The summed E-state index contributed by atoms with van der Waals surface area (Å²) in [7, 11) is -0.561. The quantitative estimate of drug-likeness (QED) is 0.415. The van der Waals surface area contributed by atoms with E-state index < -0.39 is 7.69 Å². The van der Waals surface area contributed by atoms with E-state index >= 15 is 0 Å². The molecule has 88 valence electrons. The van der Waals surface area contributed by atoms with Gasteiger partial charge in [0.15, 0.2) is 7.69 Å². The third-order valence-corrected chi connectivity index (χ3v) is 4.86. The molecule has 0 heterocycles. The molecule has 0 aromatic carbocycles. The average molecular weight is 246 g/mol. The zero-order chi connectivity index (χ0) is 10.5. The molecule has 0 rings (SSSR count). The van der Waals surface area contributed by atoms with E-state index in [1.54, 1.807) is 0 Å². The summed E-state index contributed by atoms with van der Waals surface area (Å²) < 4.78 is 0. The van der Waals surface area contributed by atoms with E-state index in [1.165, 1.54) is 37.7 Å². The van der Waals surface area contributed by atoms with Crippen LogP contribution in [-0.4, -0.2) is 36.7 Å². The Balaban J connectivity index is -0.000000108. The SMILES string of the molecule is CCCP(CCC)CCC.O.[Na+].[O-]BO. The van der Waals surface area contributed by atoms with Gasteiger partial charge in [-0.05, 0) is 18.5 Å². The minimum atomic E-state index is -1.00. The van der Waals surface area contributed by atoms with Crippen molar-refractivity contribution in [1.29, 1.82) is 0 Å². The van der Waals surface area contributed by atoms with Gasteiger partial charge >= 0.3 is 29.6 Å². The second-order valence-corrected chi connectivity index (χ2v) is 5.65. The van der Waals surface area contributed by atoms with Crippen LogP contribution >= 0.6 is 7.92 Å². The van der Waals surface area contributed by atoms with Crippen molar-refractivity contribution in [3.8, 4) is 0 Å². The fourth-order valence-electron chi connectivity index (χ4n) is 1.28. The summed E-state index contributed by atoms with van der Waals surface area (Å²) in [5.74, 6) is 0. The van der Waals surface area contributed by atoms with Gasteiger partial charge in [-0.3, -0.25) is 0 Å². The van der Waals surface area contributed by atoms with E-state index in [0.29, 0.717) is 7.92 Å². The molecule has 0 aromatic rings. The van der Waals surface area contributed by atoms with Gasteiger partial charge in [0.25, 0.3) is 0 Å². The van der Waals surface area contributed by atoms with Crippen LogP contribution in [0.5, 0.6) is 0 Å². The molecule has 0 radical (unpaired) electrons. The average Bonchev–Trinajstić information content (AvgIpc) is 2.07. The molecule has 0 aliphatic heterocycles. The number of hydrogen-bond donors (Lipinski definition) is 1. The van der Waals surface area contributed by atoms with Crippen molar-refractivity contribution in [2.24, 2.45) is 0 Å². The molecular weight excluding hydrogens is 221 g/mol. The number of rotatable bonds is 6. The minimum absolute atomic E-state index is 0. The van der Waals surface area contributed by atoms with Crippen LogP contribution < -0.4 is 34.6 Å². The van der Waals surface area contributed by atoms with E-state index in [1.807, 2.05) is 0 Å². The summed E-state index contributed by atoms with van der Waals surface area (Å²) in [5.41, 5.74) is 0. The van der Waals surface area contributed by atoms with Crippen LogP contribution in [-0.2, 0) is 0 Å². The number of hydrogen-bond acceptors (Lipinski definition) is 2. The second kappa shape index (κ2) is 24.6. The maximum atomic E-state index is 8.49. The second-order valence-electron chi connectivity index (χ2n) is 2.97. The molecular formula is C9H25BNaO3P. The van der Waals surface area contributed by atoms with Crippen molar-refractivity contribution < 1.29 is 45.1 Å². The molecule has 3 N–H and O–H groups in total. The van der Waals surface area contributed by atoms with E-state index in [0.717, 1.165) is 0 Å². The molecule has 0 atom stereocenters. The normalized spacial score (nSPS) is 8.13. The molecule has 6 heteroatoms.